The third kappa shape index (κ3) is 5.08. The summed E-state index contributed by atoms with van der Waals surface area (Å²) in [5.74, 6) is 2.24. The summed E-state index contributed by atoms with van der Waals surface area (Å²) in [7, 11) is 3.75. The highest BCUT2D eigenvalue weighted by Crippen LogP contribution is 2.73. The molecule has 5 heterocycles. The zero-order chi connectivity index (χ0) is 33.6. The fourth-order valence-corrected chi connectivity index (χ4v) is 10.1. The number of nitrogens with zero attached hydrogens (tertiary/aromatic N) is 5. The average molecular weight is 699 g/mol. The van der Waals surface area contributed by atoms with E-state index in [9.17, 15) is 9.90 Å². The average Bonchev–Trinajstić information content (AvgIpc) is 3.84. The summed E-state index contributed by atoms with van der Waals surface area (Å²) in [6.07, 6.45) is 5.40. The van der Waals surface area contributed by atoms with Crippen LogP contribution >= 0.6 is 23.5 Å². The molecule has 0 saturated heterocycles. The number of rotatable bonds is 2. The number of thioether (sulfide) groups is 2. The Labute approximate surface area is 292 Å². The number of hydrogen-bond acceptors (Lipinski definition) is 7. The summed E-state index contributed by atoms with van der Waals surface area (Å²) in [5.41, 5.74) is 9.06. The van der Waals surface area contributed by atoms with Gasteiger partial charge in [0.25, 0.3) is 0 Å². The molecule has 2 N–H and O–H groups in total. The Morgan fingerprint density at radius 2 is 1.92 bits per heavy atom. The molecule has 0 spiro atoms. The lowest BCUT2D eigenvalue weighted by atomic mass is 9.98. The number of carbonyl (C=O) groups is 1. The second kappa shape index (κ2) is 11.6. The monoisotopic (exact) mass is 698 g/mol. The van der Waals surface area contributed by atoms with E-state index in [1.165, 1.54) is 11.6 Å². The minimum atomic E-state index is -1.02. The van der Waals surface area contributed by atoms with Crippen LogP contribution < -0.4 is 10.1 Å². The SMILES string of the molecule is Cc1nn(C23CC2C3)c2c1-c1c(F)ccc3c(c(C(=O)O)n(C)c13)CCCOc1cc(cc3c1NCCC3)SCc1cc(nn1C)CSC2. The fraction of sp³-hybridized carbons (Fsp3) is 0.432. The van der Waals surface area contributed by atoms with Crippen molar-refractivity contribution < 1.29 is 19.0 Å². The van der Waals surface area contributed by atoms with Crippen LogP contribution in [0.1, 0.15) is 70.1 Å². The molecule has 0 amide bonds. The Bertz CT molecular complexity index is 2180. The Morgan fingerprint density at radius 3 is 2.71 bits per heavy atom. The molecule has 8 bridgehead atoms. The molecule has 12 heteroatoms. The van der Waals surface area contributed by atoms with Gasteiger partial charge in [-0.05, 0) is 92.8 Å². The van der Waals surface area contributed by atoms with Crippen LogP contribution in [0.2, 0.25) is 0 Å². The molecule has 2 aromatic carbocycles. The van der Waals surface area contributed by atoms with Crippen LogP contribution in [0, 0.1) is 18.7 Å². The van der Waals surface area contributed by atoms with Gasteiger partial charge in [0.05, 0.1) is 40.4 Å². The summed E-state index contributed by atoms with van der Waals surface area (Å²) < 4.78 is 28.6. The van der Waals surface area contributed by atoms with E-state index in [2.05, 4.69) is 28.2 Å². The lowest BCUT2D eigenvalue weighted by Crippen LogP contribution is -2.14. The van der Waals surface area contributed by atoms with Crippen molar-refractivity contribution in [3.8, 4) is 16.9 Å². The van der Waals surface area contributed by atoms with Gasteiger partial charge >= 0.3 is 5.97 Å². The zero-order valence-electron chi connectivity index (χ0n) is 27.9. The van der Waals surface area contributed by atoms with Crippen molar-refractivity contribution in [3.63, 3.8) is 0 Å². The van der Waals surface area contributed by atoms with Crippen LogP contribution in [-0.2, 0) is 49.7 Å². The third-order valence-electron chi connectivity index (χ3n) is 10.9. The largest absolute Gasteiger partial charge is 0.491 e. The molecule has 9 nitrogen and oxygen atoms in total. The normalized spacial score (nSPS) is 21.6. The predicted molar refractivity (Wildman–Crippen MR) is 191 cm³/mol. The number of anilines is 1. The van der Waals surface area contributed by atoms with Gasteiger partial charge < -0.3 is 19.7 Å². The Kier molecular flexibility index (Phi) is 7.35. The van der Waals surface area contributed by atoms with Crippen molar-refractivity contribution in [3.05, 3.63) is 75.7 Å². The maximum atomic E-state index is 16.3. The van der Waals surface area contributed by atoms with Crippen molar-refractivity contribution in [2.75, 3.05) is 18.5 Å². The quantitative estimate of drug-likeness (QED) is 0.196. The molecule has 49 heavy (non-hydrogen) atoms. The molecule has 0 unspecified atom stereocenters. The van der Waals surface area contributed by atoms with E-state index in [0.717, 1.165) is 88.0 Å². The summed E-state index contributed by atoms with van der Waals surface area (Å²) in [6, 6.07) is 9.84. The molecule has 0 radical (unpaired) electrons. The van der Waals surface area contributed by atoms with Crippen molar-refractivity contribution >= 4 is 46.1 Å². The van der Waals surface area contributed by atoms with Gasteiger partial charge in [-0.25, -0.2) is 9.18 Å². The summed E-state index contributed by atoms with van der Waals surface area (Å²) in [4.78, 5) is 14.0. The van der Waals surface area contributed by atoms with Gasteiger partial charge in [0.1, 0.15) is 17.3 Å². The molecule has 2 aliphatic heterocycles. The molecular weight excluding hydrogens is 660 g/mol. The second-order valence-corrected chi connectivity index (χ2v) is 16.0. The molecule has 2 aliphatic carbocycles. The van der Waals surface area contributed by atoms with E-state index >= 15 is 4.39 Å². The van der Waals surface area contributed by atoms with E-state index in [1.54, 1.807) is 41.2 Å². The van der Waals surface area contributed by atoms with Gasteiger partial charge in [-0.3, -0.25) is 9.36 Å². The van der Waals surface area contributed by atoms with Crippen molar-refractivity contribution in [1.29, 1.82) is 0 Å². The van der Waals surface area contributed by atoms with Gasteiger partial charge in [-0.1, -0.05) is 0 Å². The van der Waals surface area contributed by atoms with E-state index in [-0.39, 0.29) is 17.1 Å². The first-order valence-electron chi connectivity index (χ1n) is 17.1. The maximum absolute atomic E-state index is 16.3. The first kappa shape index (κ1) is 31.1. The highest BCUT2D eigenvalue weighted by Gasteiger charge is 2.72. The van der Waals surface area contributed by atoms with E-state index in [1.807, 2.05) is 18.7 Å². The number of ether oxygens (including phenoxy) is 1. The van der Waals surface area contributed by atoms with Crippen LogP contribution in [0.25, 0.3) is 22.0 Å². The number of benzene rings is 2. The number of carboxylic acids is 1. The Morgan fingerprint density at radius 1 is 1.08 bits per heavy atom. The molecule has 3 aromatic heterocycles. The van der Waals surface area contributed by atoms with Crippen LogP contribution in [0.4, 0.5) is 10.1 Å². The third-order valence-corrected chi connectivity index (χ3v) is 12.9. The lowest BCUT2D eigenvalue weighted by molar-refractivity contribution is 0.0685. The number of fused-ring (bicyclic) bond motifs is 9. The molecule has 5 aromatic rings. The summed E-state index contributed by atoms with van der Waals surface area (Å²) in [5, 5.41) is 24.7. The highest BCUT2D eigenvalue weighted by molar-refractivity contribution is 7.98. The fourth-order valence-electron chi connectivity index (χ4n) is 8.14. The van der Waals surface area contributed by atoms with Crippen molar-refractivity contribution in [2.24, 2.45) is 20.0 Å². The number of halogens is 1. The second-order valence-electron chi connectivity index (χ2n) is 14.0. The molecular formula is C37H39FN6O3S2. The molecule has 254 valence electrons. The molecule has 4 aliphatic rings. The minimum Gasteiger partial charge on any atom is -0.491 e. The van der Waals surface area contributed by atoms with Crippen LogP contribution in [-0.4, -0.2) is 48.4 Å². The van der Waals surface area contributed by atoms with Crippen molar-refractivity contribution in [2.45, 2.75) is 73.1 Å². The van der Waals surface area contributed by atoms with Crippen molar-refractivity contribution in [1.82, 2.24) is 24.1 Å². The van der Waals surface area contributed by atoms with E-state index in [0.29, 0.717) is 53.5 Å². The minimum absolute atomic E-state index is 0.0575. The van der Waals surface area contributed by atoms with Gasteiger partial charge in [-0.15, -0.1) is 23.5 Å². The predicted octanol–water partition coefficient (Wildman–Crippen LogP) is 7.45. The van der Waals surface area contributed by atoms with Gasteiger partial charge in [-0.2, -0.15) is 10.2 Å². The maximum Gasteiger partial charge on any atom is 0.352 e. The molecule has 9 rings (SSSR count). The molecule has 2 saturated carbocycles. The molecule has 2 fully saturated rings. The number of aryl methyl sites for hydroxylation is 5. The Hall–Kier alpha value is -3.90. The standard InChI is InChI=1S/C37H39FN6O3S2/c1-20-31-29(44(40-20)37-15-22(37)16-37)19-48-17-23-13-24(43(3)41-23)18-49-25-12-21-6-4-10-39-33(21)30(14-25)47-11-5-7-26-27-8-9-28(38)32(31)34(27)42(2)35(26)36(45)46/h8-9,12-14,22,39H,4-7,10-11,15-19H2,1-3H3,(H,45,46). The topological polar surface area (TPSA) is 99.1 Å². The number of hydrogen-bond donors (Lipinski definition) is 2. The number of nitrogens with one attached hydrogen (secondary N) is 1. The van der Waals surface area contributed by atoms with Gasteiger partial charge in [0.15, 0.2) is 0 Å². The number of aromatic carboxylic acids is 1. The first-order chi connectivity index (χ1) is 23.7. The highest BCUT2D eigenvalue weighted by atomic mass is 32.2. The number of aromatic nitrogens is 5. The van der Waals surface area contributed by atoms with E-state index < -0.39 is 5.97 Å². The van der Waals surface area contributed by atoms with Crippen LogP contribution in [0.15, 0.2) is 35.2 Å². The first-order valence-corrected chi connectivity index (χ1v) is 19.3. The number of carboxylic acid groups (broad SMARTS) is 1. The van der Waals surface area contributed by atoms with Gasteiger partial charge in [0.2, 0.25) is 0 Å². The molecule has 0 atom stereocenters. The van der Waals surface area contributed by atoms with Crippen LogP contribution in [0.5, 0.6) is 5.75 Å². The van der Waals surface area contributed by atoms with E-state index in [4.69, 9.17) is 14.9 Å². The summed E-state index contributed by atoms with van der Waals surface area (Å²) >= 11 is 3.56. The Balaban J connectivity index is 1.17. The zero-order valence-corrected chi connectivity index (χ0v) is 29.6. The van der Waals surface area contributed by atoms with Crippen LogP contribution in [0.3, 0.4) is 0 Å². The summed E-state index contributed by atoms with van der Waals surface area (Å²) in [6.45, 7) is 3.29. The lowest BCUT2D eigenvalue weighted by Gasteiger charge is -2.22. The smallest absolute Gasteiger partial charge is 0.352 e. The van der Waals surface area contributed by atoms with Gasteiger partial charge in [0, 0.05) is 65.0 Å².